The van der Waals surface area contributed by atoms with E-state index in [1.54, 1.807) is 24.4 Å². The lowest BCUT2D eigenvalue weighted by Crippen LogP contribution is -2.97. The van der Waals surface area contributed by atoms with Crippen molar-refractivity contribution in [2.24, 2.45) is 11.8 Å². The molecule has 2 amide bonds. The molecule has 1 aromatic rings. The van der Waals surface area contributed by atoms with Crippen molar-refractivity contribution < 1.29 is 28.8 Å². The highest BCUT2D eigenvalue weighted by molar-refractivity contribution is 6.08. The number of hydrogen-bond acceptors (Lipinski definition) is 4. The molecule has 122 valence electrons. The molecule has 7 heteroatoms. The molecule has 0 aromatic heterocycles. The summed E-state index contributed by atoms with van der Waals surface area (Å²) in [6.07, 6.45) is 0. The Morgan fingerprint density at radius 2 is 1.87 bits per heavy atom. The highest BCUT2D eigenvalue weighted by Gasteiger charge is 2.70. The molecule has 2 N–H and O–H groups in total. The number of carbonyl (C=O) groups excluding carboxylic acids is 3. The molecule has 2 aliphatic heterocycles. The van der Waals surface area contributed by atoms with Gasteiger partial charge in [-0.1, -0.05) is 12.1 Å². The van der Waals surface area contributed by atoms with E-state index in [1.807, 2.05) is 0 Å². The van der Waals surface area contributed by atoms with Crippen LogP contribution in [0.1, 0.15) is 18.5 Å². The van der Waals surface area contributed by atoms with Gasteiger partial charge >= 0.3 is 5.97 Å². The minimum Gasteiger partial charge on any atom is -0.464 e. The summed E-state index contributed by atoms with van der Waals surface area (Å²) in [5.74, 6) is -3.09. The summed E-state index contributed by atoms with van der Waals surface area (Å²) >= 11 is 0. The van der Waals surface area contributed by atoms with Crippen molar-refractivity contribution in [3.63, 3.8) is 0 Å². The zero-order valence-corrected chi connectivity index (χ0v) is 13.1. The van der Waals surface area contributed by atoms with E-state index in [-0.39, 0.29) is 17.6 Å². The molecule has 2 aliphatic rings. The largest absolute Gasteiger partial charge is 0.464 e. The Balaban J connectivity index is 2.09. The van der Waals surface area contributed by atoms with Crippen molar-refractivity contribution in [1.82, 2.24) is 4.90 Å². The predicted octanol–water partition coefficient (Wildman–Crippen LogP) is -0.393. The number of benzene rings is 1. The van der Waals surface area contributed by atoms with Crippen LogP contribution in [0.2, 0.25) is 0 Å². The van der Waals surface area contributed by atoms with E-state index in [2.05, 4.69) is 0 Å². The van der Waals surface area contributed by atoms with Crippen LogP contribution >= 0.6 is 0 Å². The van der Waals surface area contributed by atoms with Gasteiger partial charge in [0, 0.05) is 19.5 Å². The lowest BCUT2D eigenvalue weighted by molar-refractivity contribution is -0.731. The van der Waals surface area contributed by atoms with Crippen LogP contribution in [0, 0.1) is 17.7 Å². The van der Waals surface area contributed by atoms with E-state index in [1.165, 1.54) is 26.3 Å². The van der Waals surface area contributed by atoms with Gasteiger partial charge in [0.1, 0.15) is 23.7 Å². The number of quaternary nitrogens is 1. The standard InChI is InChI=1S/C16H17FN2O4/c1-16(15(22)23-3)11-10(13(20)19(2)14(11)21)12(18-16)8-4-6-9(17)7-5-8/h4-7,10-12,18H,1-3H3/p+1/t10-,11+,12-,16+/m0/s1. The molecule has 23 heavy (non-hydrogen) atoms. The third-order valence-electron chi connectivity index (χ3n) is 5.01. The number of halogens is 1. The maximum Gasteiger partial charge on any atom is 0.368 e. The fourth-order valence-electron chi connectivity index (χ4n) is 3.81. The predicted molar refractivity (Wildman–Crippen MR) is 76.2 cm³/mol. The number of rotatable bonds is 2. The van der Waals surface area contributed by atoms with E-state index >= 15 is 0 Å². The van der Waals surface area contributed by atoms with Crippen LogP contribution in [0.25, 0.3) is 0 Å². The first-order valence-corrected chi connectivity index (χ1v) is 7.32. The van der Waals surface area contributed by atoms with Crippen LogP contribution in [-0.2, 0) is 19.1 Å². The molecular formula is C16H18FN2O4+. The Morgan fingerprint density at radius 3 is 2.43 bits per heavy atom. The normalized spacial score (nSPS) is 33.0. The SMILES string of the molecule is COC(=O)[C@]1(C)[NH2+][C@@H](c2ccc(F)cc2)[C@H]2C(=O)N(C)C(=O)[C@@H]21. The minimum atomic E-state index is -1.18. The quantitative estimate of drug-likeness (QED) is 0.594. The first kappa shape index (κ1) is 15.6. The number of amides is 2. The molecule has 2 heterocycles. The van der Waals surface area contributed by atoms with Crippen molar-refractivity contribution in [3.05, 3.63) is 35.6 Å². The zero-order valence-electron chi connectivity index (χ0n) is 13.1. The van der Waals surface area contributed by atoms with Gasteiger partial charge in [-0.2, -0.15) is 0 Å². The number of hydrogen-bond donors (Lipinski definition) is 1. The van der Waals surface area contributed by atoms with Crippen molar-refractivity contribution in [3.8, 4) is 0 Å². The van der Waals surface area contributed by atoms with Crippen LogP contribution in [0.4, 0.5) is 4.39 Å². The van der Waals surface area contributed by atoms with Crippen LogP contribution in [0.15, 0.2) is 24.3 Å². The fourth-order valence-corrected chi connectivity index (χ4v) is 3.81. The monoisotopic (exact) mass is 321 g/mol. The molecule has 0 aliphatic carbocycles. The second kappa shape index (κ2) is 5.13. The summed E-state index contributed by atoms with van der Waals surface area (Å²) in [7, 11) is 2.68. The molecule has 4 atom stereocenters. The van der Waals surface area contributed by atoms with Gasteiger partial charge in [0.15, 0.2) is 0 Å². The van der Waals surface area contributed by atoms with Crippen LogP contribution in [0.5, 0.6) is 0 Å². The van der Waals surface area contributed by atoms with Gasteiger partial charge in [-0.25, -0.2) is 9.18 Å². The molecular weight excluding hydrogens is 303 g/mol. The Labute approximate surface area is 132 Å². The Bertz CT molecular complexity index is 690. The third kappa shape index (κ3) is 2.07. The van der Waals surface area contributed by atoms with Crippen molar-refractivity contribution in [2.75, 3.05) is 14.2 Å². The van der Waals surface area contributed by atoms with Crippen molar-refractivity contribution in [1.29, 1.82) is 0 Å². The maximum atomic E-state index is 13.2. The van der Waals surface area contributed by atoms with Crippen LogP contribution < -0.4 is 5.32 Å². The smallest absolute Gasteiger partial charge is 0.368 e. The summed E-state index contributed by atoms with van der Waals surface area (Å²) in [6.45, 7) is 1.62. The van der Waals surface area contributed by atoms with Gasteiger partial charge < -0.3 is 10.1 Å². The molecule has 3 rings (SSSR count). The van der Waals surface area contributed by atoms with E-state index < -0.39 is 29.4 Å². The van der Waals surface area contributed by atoms with Gasteiger partial charge in [0.2, 0.25) is 17.4 Å². The second-order valence-corrected chi connectivity index (χ2v) is 6.26. The van der Waals surface area contributed by atoms with Crippen molar-refractivity contribution >= 4 is 17.8 Å². The molecule has 0 bridgehead atoms. The molecule has 2 fully saturated rings. The number of fused-ring (bicyclic) bond motifs is 1. The lowest BCUT2D eigenvalue weighted by Gasteiger charge is -2.24. The van der Waals surface area contributed by atoms with Gasteiger partial charge in [-0.05, 0) is 12.1 Å². The fraction of sp³-hybridized carbons (Fsp3) is 0.438. The topological polar surface area (TPSA) is 80.3 Å². The van der Waals surface area contributed by atoms with Gasteiger partial charge in [-0.15, -0.1) is 0 Å². The Morgan fingerprint density at radius 1 is 1.26 bits per heavy atom. The number of methoxy groups -OCH3 is 1. The summed E-state index contributed by atoms with van der Waals surface area (Å²) in [6, 6.07) is 5.32. The van der Waals surface area contributed by atoms with E-state index in [9.17, 15) is 18.8 Å². The van der Waals surface area contributed by atoms with Gasteiger partial charge in [-0.3, -0.25) is 14.5 Å². The van der Waals surface area contributed by atoms with Crippen molar-refractivity contribution in [2.45, 2.75) is 18.5 Å². The summed E-state index contributed by atoms with van der Waals surface area (Å²) < 4.78 is 18.0. The summed E-state index contributed by atoms with van der Waals surface area (Å²) in [5.41, 5.74) is -0.485. The minimum absolute atomic E-state index is 0.321. The number of ether oxygens (including phenoxy) is 1. The number of esters is 1. The Kier molecular flexibility index (Phi) is 3.48. The highest BCUT2D eigenvalue weighted by atomic mass is 19.1. The van der Waals surface area contributed by atoms with E-state index in [0.29, 0.717) is 5.56 Å². The second-order valence-electron chi connectivity index (χ2n) is 6.26. The lowest BCUT2D eigenvalue weighted by atomic mass is 9.80. The average Bonchev–Trinajstić information content (AvgIpc) is 2.97. The average molecular weight is 321 g/mol. The molecule has 0 spiro atoms. The number of nitrogens with two attached hydrogens (primary N) is 1. The highest BCUT2D eigenvalue weighted by Crippen LogP contribution is 2.43. The summed E-state index contributed by atoms with van der Waals surface area (Å²) in [5, 5.41) is 1.70. The summed E-state index contributed by atoms with van der Waals surface area (Å²) in [4.78, 5) is 38.3. The first-order valence-electron chi connectivity index (χ1n) is 7.32. The maximum absolute atomic E-state index is 13.2. The zero-order chi connectivity index (χ0) is 16.9. The molecule has 0 unspecified atom stereocenters. The number of carbonyl (C=O) groups is 3. The van der Waals surface area contributed by atoms with E-state index in [0.717, 1.165) is 4.90 Å². The molecule has 6 nitrogen and oxygen atoms in total. The number of nitrogens with zero attached hydrogens (tertiary/aromatic N) is 1. The Hall–Kier alpha value is -2.28. The molecule has 2 saturated heterocycles. The van der Waals surface area contributed by atoms with Crippen LogP contribution in [-0.4, -0.2) is 42.4 Å². The number of likely N-dealkylation sites (tertiary alicyclic amines) is 1. The van der Waals surface area contributed by atoms with Gasteiger partial charge in [0.05, 0.1) is 7.11 Å². The molecule has 0 saturated carbocycles. The van der Waals surface area contributed by atoms with Gasteiger partial charge in [0.25, 0.3) is 0 Å². The van der Waals surface area contributed by atoms with Crippen LogP contribution in [0.3, 0.4) is 0 Å². The number of imide groups is 1. The third-order valence-corrected chi connectivity index (χ3v) is 5.01. The molecule has 1 aromatic carbocycles. The van der Waals surface area contributed by atoms with E-state index in [4.69, 9.17) is 4.74 Å². The molecule has 0 radical (unpaired) electrons. The first-order chi connectivity index (χ1) is 10.8.